The number of carbonyl (C=O) groups is 5. The van der Waals surface area contributed by atoms with Crippen LogP contribution in [0, 0.1) is 0 Å². The maximum Gasteiger partial charge on any atom is 0.328 e. The Labute approximate surface area is 304 Å². The molecule has 0 saturated heterocycles. The highest BCUT2D eigenvalue weighted by atomic mass is 16.5. The van der Waals surface area contributed by atoms with Crippen molar-refractivity contribution in [2.45, 2.75) is 123 Å². The van der Waals surface area contributed by atoms with Gasteiger partial charge in [-0.2, -0.15) is 0 Å². The predicted octanol–water partition coefficient (Wildman–Crippen LogP) is 3.66. The third-order valence-corrected chi connectivity index (χ3v) is 7.69. The number of nitrogens with zero attached hydrogens (tertiary/aromatic N) is 1. The molecular formula is C36H66N4O11. The molecule has 15 nitrogen and oxygen atoms in total. The molecule has 1 unspecified atom stereocenters. The van der Waals surface area contributed by atoms with Crippen molar-refractivity contribution >= 4 is 35.4 Å². The molecule has 0 heterocycles. The van der Waals surface area contributed by atoms with E-state index in [0.717, 1.165) is 76.3 Å². The van der Waals surface area contributed by atoms with E-state index in [-0.39, 0.29) is 83.2 Å². The Morgan fingerprint density at radius 2 is 1.00 bits per heavy atom. The monoisotopic (exact) mass is 730 g/mol. The molecule has 296 valence electrons. The summed E-state index contributed by atoms with van der Waals surface area (Å²) in [6.45, 7) is 6.60. The first kappa shape index (κ1) is 47.9. The maximum atomic E-state index is 12.2. The average Bonchev–Trinajstić information content (AvgIpc) is 3.09. The summed E-state index contributed by atoms with van der Waals surface area (Å²) in [5, 5.41) is 26.3. The van der Waals surface area contributed by atoms with Crippen molar-refractivity contribution in [1.29, 1.82) is 0 Å². The van der Waals surface area contributed by atoms with Gasteiger partial charge in [0.2, 0.25) is 17.7 Å². The Morgan fingerprint density at radius 1 is 0.549 bits per heavy atom. The van der Waals surface area contributed by atoms with Crippen LogP contribution in [0.1, 0.15) is 117 Å². The van der Waals surface area contributed by atoms with E-state index in [1.165, 1.54) is 12.8 Å². The van der Waals surface area contributed by atoms with Gasteiger partial charge >= 0.3 is 11.9 Å². The van der Waals surface area contributed by atoms with Gasteiger partial charge < -0.3 is 45.1 Å². The zero-order valence-corrected chi connectivity index (χ0v) is 31.2. The van der Waals surface area contributed by atoms with Crippen molar-refractivity contribution in [2.75, 3.05) is 72.5 Å². The quantitative estimate of drug-likeness (QED) is 0.0460. The van der Waals surface area contributed by atoms with E-state index in [1.54, 1.807) is 0 Å². The minimum absolute atomic E-state index is 0.00330. The molecule has 0 fully saturated rings. The van der Waals surface area contributed by atoms with E-state index in [0.29, 0.717) is 26.3 Å². The summed E-state index contributed by atoms with van der Waals surface area (Å²) < 4.78 is 21.3. The molecule has 0 aliphatic carbocycles. The summed E-state index contributed by atoms with van der Waals surface area (Å²) in [4.78, 5) is 62.0. The molecule has 0 aromatic heterocycles. The Balaban J connectivity index is 3.73. The van der Waals surface area contributed by atoms with E-state index in [2.05, 4.69) is 27.9 Å². The molecule has 0 saturated carbocycles. The lowest BCUT2D eigenvalue weighted by Gasteiger charge is -2.11. The van der Waals surface area contributed by atoms with Crippen LogP contribution in [0.4, 0.5) is 0 Å². The van der Waals surface area contributed by atoms with Crippen LogP contribution in [0.3, 0.4) is 0 Å². The van der Waals surface area contributed by atoms with E-state index in [1.807, 2.05) is 6.92 Å². The molecule has 3 amide bonds. The number of amides is 3. The average molecular weight is 731 g/mol. The zero-order chi connectivity index (χ0) is 37.8. The van der Waals surface area contributed by atoms with Gasteiger partial charge in [-0.15, -0.1) is 0 Å². The second kappa shape index (κ2) is 35.3. The highest BCUT2D eigenvalue weighted by Gasteiger charge is 2.18. The highest BCUT2D eigenvalue weighted by Crippen LogP contribution is 2.13. The lowest BCUT2D eigenvalue weighted by Crippen LogP contribution is -2.32. The van der Waals surface area contributed by atoms with E-state index < -0.39 is 18.0 Å². The summed E-state index contributed by atoms with van der Waals surface area (Å²) in [7, 11) is 0. The third-order valence-electron chi connectivity index (χ3n) is 7.69. The first-order chi connectivity index (χ1) is 24.6. The van der Waals surface area contributed by atoms with Gasteiger partial charge in [0.25, 0.3) is 0 Å². The standard InChI is InChI=1S/C36H66N4O11/c1-3-4-19-37-33(42)28-50-26-25-49-23-21-39-34(43)29-51-27-24-48-22-20-38-32(41)18-17-31(36(46)47)40-30(2)15-13-11-9-7-5-6-8-10-12-14-16-35(44)45/h31H,3-29H2,1-2H3,(H,37,42)(H,38,41)(H,39,43)(H,44,45)(H,46,47). The van der Waals surface area contributed by atoms with Crippen LogP contribution in [-0.4, -0.2) is 124 Å². The summed E-state index contributed by atoms with van der Waals surface area (Å²) in [5.41, 5.74) is 0.782. The molecule has 0 aromatic carbocycles. The van der Waals surface area contributed by atoms with Crippen LogP contribution in [0.2, 0.25) is 0 Å². The first-order valence-corrected chi connectivity index (χ1v) is 18.7. The number of carboxylic acid groups (broad SMARTS) is 2. The van der Waals surface area contributed by atoms with Gasteiger partial charge in [0.1, 0.15) is 19.3 Å². The Morgan fingerprint density at radius 3 is 1.49 bits per heavy atom. The summed E-state index contributed by atoms with van der Waals surface area (Å²) in [6.07, 6.45) is 13.7. The van der Waals surface area contributed by atoms with E-state index >= 15 is 0 Å². The van der Waals surface area contributed by atoms with Gasteiger partial charge in [0.15, 0.2) is 0 Å². The molecule has 0 aliphatic heterocycles. The number of rotatable bonds is 37. The van der Waals surface area contributed by atoms with Gasteiger partial charge in [-0.3, -0.25) is 24.2 Å². The highest BCUT2D eigenvalue weighted by molar-refractivity contribution is 5.86. The second-order valence-corrected chi connectivity index (χ2v) is 12.4. The SMILES string of the molecule is CCCCNC(=O)COCCOCCNC(=O)COCCOCCNC(=O)CCC(N=C(C)CCCCCCCCCCCCC(=O)O)C(=O)O. The molecule has 1 atom stereocenters. The summed E-state index contributed by atoms with van der Waals surface area (Å²) in [5.74, 6) is -2.47. The smallest absolute Gasteiger partial charge is 0.328 e. The third kappa shape index (κ3) is 35.1. The van der Waals surface area contributed by atoms with Gasteiger partial charge in [0.05, 0.1) is 39.6 Å². The second-order valence-electron chi connectivity index (χ2n) is 12.4. The Bertz CT molecular complexity index is 965. The Hall–Kier alpha value is -3.14. The minimum atomic E-state index is -1.04. The van der Waals surface area contributed by atoms with Crippen LogP contribution in [0.15, 0.2) is 4.99 Å². The molecule has 51 heavy (non-hydrogen) atoms. The van der Waals surface area contributed by atoms with Crippen molar-refractivity contribution in [2.24, 2.45) is 4.99 Å². The number of nitrogens with one attached hydrogen (secondary N) is 3. The topological polar surface area (TPSA) is 211 Å². The maximum absolute atomic E-state index is 12.2. The van der Waals surface area contributed by atoms with Crippen molar-refractivity contribution in [3.63, 3.8) is 0 Å². The molecule has 0 bridgehead atoms. The van der Waals surface area contributed by atoms with Crippen LogP contribution in [0.5, 0.6) is 0 Å². The van der Waals surface area contributed by atoms with Crippen LogP contribution < -0.4 is 16.0 Å². The van der Waals surface area contributed by atoms with Gasteiger partial charge in [-0.25, -0.2) is 4.79 Å². The van der Waals surface area contributed by atoms with E-state index in [4.69, 9.17) is 24.1 Å². The van der Waals surface area contributed by atoms with Crippen LogP contribution >= 0.6 is 0 Å². The zero-order valence-electron chi connectivity index (χ0n) is 31.2. The number of ether oxygens (including phenoxy) is 4. The van der Waals surface area contributed by atoms with Crippen molar-refractivity contribution in [3.05, 3.63) is 0 Å². The molecule has 0 spiro atoms. The number of aliphatic imine (C=N–C) groups is 1. The van der Waals surface area contributed by atoms with Crippen molar-refractivity contribution in [1.82, 2.24) is 16.0 Å². The molecule has 15 heteroatoms. The number of carbonyl (C=O) groups excluding carboxylic acids is 3. The van der Waals surface area contributed by atoms with E-state index in [9.17, 15) is 29.1 Å². The number of aliphatic carboxylic acids is 2. The number of hydrogen-bond acceptors (Lipinski definition) is 10. The molecule has 0 aliphatic rings. The number of carboxylic acids is 2. The largest absolute Gasteiger partial charge is 0.481 e. The van der Waals surface area contributed by atoms with Gasteiger partial charge in [-0.05, 0) is 39.0 Å². The van der Waals surface area contributed by atoms with Crippen molar-refractivity contribution < 1.29 is 53.1 Å². The first-order valence-electron chi connectivity index (χ1n) is 18.7. The normalized spacial score (nSPS) is 12.0. The number of hydrogen-bond donors (Lipinski definition) is 5. The summed E-state index contributed by atoms with van der Waals surface area (Å²) in [6, 6.07) is -0.954. The minimum Gasteiger partial charge on any atom is -0.481 e. The van der Waals surface area contributed by atoms with Crippen molar-refractivity contribution in [3.8, 4) is 0 Å². The Kier molecular flexibility index (Phi) is 33.1. The van der Waals surface area contributed by atoms with Gasteiger partial charge in [-0.1, -0.05) is 64.7 Å². The lowest BCUT2D eigenvalue weighted by molar-refractivity contribution is -0.139. The molecule has 5 N–H and O–H groups in total. The van der Waals surface area contributed by atoms with Crippen LogP contribution in [0.25, 0.3) is 0 Å². The molecule has 0 rings (SSSR count). The van der Waals surface area contributed by atoms with Crippen LogP contribution in [-0.2, 0) is 42.9 Å². The molecule has 0 radical (unpaired) electrons. The lowest BCUT2D eigenvalue weighted by atomic mass is 10.0. The fourth-order valence-corrected chi connectivity index (χ4v) is 4.80. The summed E-state index contributed by atoms with van der Waals surface area (Å²) >= 11 is 0. The fourth-order valence-electron chi connectivity index (χ4n) is 4.80. The number of unbranched alkanes of at least 4 members (excludes halogenated alkanes) is 10. The fraction of sp³-hybridized carbons (Fsp3) is 0.833. The molecular weight excluding hydrogens is 664 g/mol. The van der Waals surface area contributed by atoms with Gasteiger partial charge in [0, 0.05) is 38.2 Å². The predicted molar refractivity (Wildman–Crippen MR) is 194 cm³/mol. The molecule has 0 aromatic rings.